The van der Waals surface area contributed by atoms with Crippen molar-refractivity contribution in [2.75, 3.05) is 7.05 Å². The maximum Gasteiger partial charge on any atom is 0.104 e. The van der Waals surface area contributed by atoms with Crippen molar-refractivity contribution in [1.82, 2.24) is 15.3 Å². The van der Waals surface area contributed by atoms with Crippen LogP contribution >= 0.6 is 0 Å². The van der Waals surface area contributed by atoms with Gasteiger partial charge in [0.05, 0.1) is 23.0 Å². The molecule has 0 aliphatic carbocycles. The van der Waals surface area contributed by atoms with Crippen LogP contribution in [0.3, 0.4) is 0 Å². The van der Waals surface area contributed by atoms with E-state index in [1.54, 1.807) is 0 Å². The largest absolute Gasteiger partial charge is 0.342 e. The van der Waals surface area contributed by atoms with E-state index >= 15 is 0 Å². The van der Waals surface area contributed by atoms with Crippen LogP contribution in [0.2, 0.25) is 0 Å². The zero-order chi connectivity index (χ0) is 13.1. The van der Waals surface area contributed by atoms with Gasteiger partial charge in [-0.2, -0.15) is 5.26 Å². The van der Waals surface area contributed by atoms with Crippen LogP contribution in [0.25, 0.3) is 11.0 Å². The number of aromatic nitrogens is 2. The number of fused-ring (bicyclic) bond motifs is 1. The second kappa shape index (κ2) is 5.19. The summed E-state index contributed by atoms with van der Waals surface area (Å²) in [5, 5.41) is 12.4. The average molecular weight is 242 g/mol. The van der Waals surface area contributed by atoms with E-state index in [4.69, 9.17) is 0 Å². The van der Waals surface area contributed by atoms with Crippen molar-refractivity contribution in [3.63, 3.8) is 0 Å². The SMILES string of the molecule is CCC(C#N)C(NC)c1ccc2nc(C)[nH]c2c1. The molecule has 0 bridgehead atoms. The molecule has 0 saturated heterocycles. The molecule has 2 unspecified atom stereocenters. The fourth-order valence-corrected chi connectivity index (χ4v) is 2.35. The molecule has 0 fully saturated rings. The van der Waals surface area contributed by atoms with Crippen molar-refractivity contribution in [1.29, 1.82) is 5.26 Å². The summed E-state index contributed by atoms with van der Waals surface area (Å²) in [6.45, 7) is 3.98. The van der Waals surface area contributed by atoms with E-state index in [2.05, 4.69) is 27.4 Å². The predicted octanol–water partition coefficient (Wildman–Crippen LogP) is 2.68. The molecular formula is C14H18N4. The molecule has 1 aromatic carbocycles. The maximum absolute atomic E-state index is 9.20. The summed E-state index contributed by atoms with van der Waals surface area (Å²) < 4.78 is 0. The number of nitriles is 1. The summed E-state index contributed by atoms with van der Waals surface area (Å²) in [6, 6.07) is 8.56. The second-order valence-corrected chi connectivity index (χ2v) is 4.51. The number of nitrogens with one attached hydrogen (secondary N) is 2. The van der Waals surface area contributed by atoms with E-state index < -0.39 is 0 Å². The van der Waals surface area contributed by atoms with Crippen LogP contribution in [0.4, 0.5) is 0 Å². The molecule has 2 rings (SSSR count). The Labute approximate surface area is 107 Å². The Morgan fingerprint density at radius 2 is 2.28 bits per heavy atom. The molecule has 2 atom stereocenters. The lowest BCUT2D eigenvalue weighted by Crippen LogP contribution is -2.23. The molecule has 0 saturated carbocycles. The molecule has 18 heavy (non-hydrogen) atoms. The molecule has 0 radical (unpaired) electrons. The Morgan fingerprint density at radius 1 is 1.50 bits per heavy atom. The van der Waals surface area contributed by atoms with Gasteiger partial charge in [-0.05, 0) is 38.1 Å². The van der Waals surface area contributed by atoms with Gasteiger partial charge in [-0.25, -0.2) is 4.98 Å². The number of rotatable bonds is 4. The zero-order valence-electron chi connectivity index (χ0n) is 11.0. The summed E-state index contributed by atoms with van der Waals surface area (Å²) >= 11 is 0. The highest BCUT2D eigenvalue weighted by molar-refractivity contribution is 5.76. The van der Waals surface area contributed by atoms with Crippen LogP contribution in [0.5, 0.6) is 0 Å². The third kappa shape index (κ3) is 2.22. The van der Waals surface area contributed by atoms with E-state index in [0.29, 0.717) is 0 Å². The van der Waals surface area contributed by atoms with Crippen LogP contribution in [0.1, 0.15) is 30.8 Å². The Bertz CT molecular complexity index is 579. The first-order chi connectivity index (χ1) is 8.69. The molecule has 0 spiro atoms. The highest BCUT2D eigenvalue weighted by Gasteiger charge is 2.20. The summed E-state index contributed by atoms with van der Waals surface area (Å²) in [5.41, 5.74) is 3.12. The van der Waals surface area contributed by atoms with Crippen LogP contribution < -0.4 is 5.32 Å². The minimum absolute atomic E-state index is 0.0172. The van der Waals surface area contributed by atoms with E-state index in [9.17, 15) is 5.26 Å². The number of hydrogen-bond donors (Lipinski definition) is 2. The molecule has 94 valence electrons. The summed E-state index contributed by atoms with van der Waals surface area (Å²) in [7, 11) is 1.90. The molecule has 0 aliphatic heterocycles. The van der Waals surface area contributed by atoms with E-state index in [1.807, 2.05) is 33.0 Å². The van der Waals surface area contributed by atoms with Crippen molar-refractivity contribution in [2.45, 2.75) is 26.3 Å². The van der Waals surface area contributed by atoms with Crippen molar-refractivity contribution in [3.05, 3.63) is 29.6 Å². The fraction of sp³-hybridized carbons (Fsp3) is 0.429. The number of benzene rings is 1. The molecule has 0 amide bonds. The minimum atomic E-state index is -0.0172. The lowest BCUT2D eigenvalue weighted by atomic mass is 9.92. The first-order valence-electron chi connectivity index (χ1n) is 6.22. The number of imidazole rings is 1. The van der Waals surface area contributed by atoms with Gasteiger partial charge in [0.15, 0.2) is 0 Å². The van der Waals surface area contributed by atoms with Crippen LogP contribution in [-0.2, 0) is 0 Å². The first-order valence-corrected chi connectivity index (χ1v) is 6.22. The Morgan fingerprint density at radius 3 is 2.89 bits per heavy atom. The Hall–Kier alpha value is -1.86. The molecule has 1 heterocycles. The molecule has 2 aromatic rings. The molecule has 1 aromatic heterocycles. The van der Waals surface area contributed by atoms with Crippen LogP contribution in [-0.4, -0.2) is 17.0 Å². The van der Waals surface area contributed by atoms with Gasteiger partial charge in [0.25, 0.3) is 0 Å². The second-order valence-electron chi connectivity index (χ2n) is 4.51. The maximum atomic E-state index is 9.20. The normalized spacial score (nSPS) is 14.3. The van der Waals surface area contributed by atoms with Gasteiger partial charge >= 0.3 is 0 Å². The van der Waals surface area contributed by atoms with Crippen molar-refractivity contribution >= 4 is 11.0 Å². The van der Waals surface area contributed by atoms with Crippen LogP contribution in [0.15, 0.2) is 18.2 Å². The first kappa shape index (κ1) is 12.6. The summed E-state index contributed by atoms with van der Waals surface area (Å²) in [6.07, 6.45) is 0.835. The third-order valence-electron chi connectivity index (χ3n) is 3.30. The predicted molar refractivity (Wildman–Crippen MR) is 72.0 cm³/mol. The van der Waals surface area contributed by atoms with Gasteiger partial charge < -0.3 is 10.3 Å². The van der Waals surface area contributed by atoms with E-state index in [-0.39, 0.29) is 12.0 Å². The monoisotopic (exact) mass is 242 g/mol. The van der Waals surface area contributed by atoms with Gasteiger partial charge in [-0.1, -0.05) is 13.0 Å². The minimum Gasteiger partial charge on any atom is -0.342 e. The van der Waals surface area contributed by atoms with Gasteiger partial charge in [-0.15, -0.1) is 0 Å². The van der Waals surface area contributed by atoms with Gasteiger partial charge in [0.1, 0.15) is 5.82 Å². The number of hydrogen-bond acceptors (Lipinski definition) is 3. The third-order valence-corrected chi connectivity index (χ3v) is 3.30. The Kier molecular flexibility index (Phi) is 3.63. The zero-order valence-corrected chi connectivity index (χ0v) is 11.0. The van der Waals surface area contributed by atoms with Crippen molar-refractivity contribution in [2.24, 2.45) is 5.92 Å². The number of nitrogens with zero attached hydrogens (tertiary/aromatic N) is 2. The highest BCUT2D eigenvalue weighted by atomic mass is 14.9. The number of aryl methyl sites for hydroxylation is 1. The smallest absolute Gasteiger partial charge is 0.104 e. The van der Waals surface area contributed by atoms with Crippen molar-refractivity contribution in [3.8, 4) is 6.07 Å². The molecule has 2 N–H and O–H groups in total. The quantitative estimate of drug-likeness (QED) is 0.866. The number of H-pyrrole nitrogens is 1. The molecule has 0 aliphatic rings. The lowest BCUT2D eigenvalue weighted by Gasteiger charge is -2.20. The summed E-state index contributed by atoms with van der Waals surface area (Å²) in [5.74, 6) is 0.895. The Balaban J connectivity index is 2.42. The molecule has 4 nitrogen and oxygen atoms in total. The van der Waals surface area contributed by atoms with E-state index in [1.165, 1.54) is 0 Å². The standard InChI is InChI=1S/C14H18N4/c1-4-10(8-15)14(16-3)11-5-6-12-13(7-11)18-9(2)17-12/h5-7,10,14,16H,4H2,1-3H3,(H,17,18). The summed E-state index contributed by atoms with van der Waals surface area (Å²) in [4.78, 5) is 7.61. The molecular weight excluding hydrogens is 224 g/mol. The van der Waals surface area contributed by atoms with Gasteiger partial charge in [-0.3, -0.25) is 0 Å². The average Bonchev–Trinajstić information content (AvgIpc) is 2.74. The van der Waals surface area contributed by atoms with Crippen LogP contribution in [0, 0.1) is 24.2 Å². The van der Waals surface area contributed by atoms with E-state index in [0.717, 1.165) is 28.8 Å². The van der Waals surface area contributed by atoms with Gasteiger partial charge in [0.2, 0.25) is 0 Å². The number of aromatic amines is 1. The fourth-order valence-electron chi connectivity index (χ4n) is 2.35. The molecule has 4 heteroatoms. The van der Waals surface area contributed by atoms with Crippen molar-refractivity contribution < 1.29 is 0 Å². The highest BCUT2D eigenvalue weighted by Crippen LogP contribution is 2.26. The topological polar surface area (TPSA) is 64.5 Å². The van der Waals surface area contributed by atoms with Gasteiger partial charge in [0, 0.05) is 6.04 Å². The lowest BCUT2D eigenvalue weighted by molar-refractivity contribution is 0.449.